The number of pyridine rings is 1. The van der Waals surface area contributed by atoms with E-state index in [2.05, 4.69) is 38.8 Å². The maximum absolute atomic E-state index is 11.4. The molecule has 3 aromatic carbocycles. The van der Waals surface area contributed by atoms with Crippen LogP contribution in [0.1, 0.15) is 11.1 Å². The van der Waals surface area contributed by atoms with E-state index in [1.807, 2.05) is 36.4 Å². The van der Waals surface area contributed by atoms with Crippen molar-refractivity contribution < 1.29 is 40.8 Å². The van der Waals surface area contributed by atoms with Gasteiger partial charge in [-0.2, -0.15) is 4.57 Å². The van der Waals surface area contributed by atoms with Crippen molar-refractivity contribution >= 4 is 28.2 Å². The van der Waals surface area contributed by atoms with Crippen LogP contribution in [0.2, 0.25) is 5.02 Å². The van der Waals surface area contributed by atoms with Crippen molar-refractivity contribution in [2.45, 2.75) is 26.1 Å². The maximum Gasteiger partial charge on any atom is 0.342 e. The molecule has 11 nitrogen and oxygen atoms in total. The normalized spacial score (nSPS) is 12.8. The molecule has 0 bridgehead atoms. The molecule has 0 unspecified atom stereocenters. The molecule has 0 saturated heterocycles. The number of rotatable bonds is 11. The molecule has 5 aromatic rings. The standard InChI is InChI=1S/C33H31ClN5O6.ClH/c1-42-29-7-4-23-14-28-26-16-31-30(44-21-45-31)15-24(26)8-9-37(28)19-27(23)33(29)43-13-12-36(18-22-2-5-25(34)6-3-22)10-11-38-20-35-17-32(38)39(40)41;/h2-7,14-17,19-20H,8-13,18,21H2,1H3;1H/q+1;/p-1. The van der Waals surface area contributed by atoms with Crippen LogP contribution >= 0.6 is 11.6 Å². The Morgan fingerprint density at radius 1 is 1.11 bits per heavy atom. The van der Waals surface area contributed by atoms with Crippen LogP contribution < -0.4 is 35.9 Å². The summed E-state index contributed by atoms with van der Waals surface area (Å²) in [6, 6.07) is 18.0. The number of halogens is 2. The highest BCUT2D eigenvalue weighted by molar-refractivity contribution is 6.30. The summed E-state index contributed by atoms with van der Waals surface area (Å²) < 4.78 is 27.3. The van der Waals surface area contributed by atoms with Gasteiger partial charge in [0.25, 0.3) is 0 Å². The highest BCUT2D eigenvalue weighted by atomic mass is 35.5. The van der Waals surface area contributed by atoms with Crippen molar-refractivity contribution in [1.29, 1.82) is 0 Å². The van der Waals surface area contributed by atoms with E-state index in [0.29, 0.717) is 49.3 Å². The molecule has 0 radical (unpaired) electrons. The minimum absolute atomic E-state index is 0. The van der Waals surface area contributed by atoms with Gasteiger partial charge in [-0.3, -0.25) is 4.90 Å². The molecule has 2 aliphatic rings. The largest absolute Gasteiger partial charge is 1.00 e. The maximum atomic E-state index is 11.4. The van der Waals surface area contributed by atoms with Gasteiger partial charge in [0.05, 0.1) is 18.1 Å². The van der Waals surface area contributed by atoms with E-state index in [1.165, 1.54) is 18.1 Å². The third kappa shape index (κ3) is 6.26. The summed E-state index contributed by atoms with van der Waals surface area (Å²) in [7, 11) is 1.64. The molecule has 0 saturated carbocycles. The minimum Gasteiger partial charge on any atom is -1.00 e. The average molecular weight is 665 g/mol. The van der Waals surface area contributed by atoms with Gasteiger partial charge >= 0.3 is 5.82 Å². The van der Waals surface area contributed by atoms with E-state index in [0.717, 1.165) is 52.1 Å². The zero-order chi connectivity index (χ0) is 30.9. The second kappa shape index (κ2) is 13.4. The lowest BCUT2D eigenvalue weighted by Gasteiger charge is -2.23. The predicted molar refractivity (Wildman–Crippen MR) is 167 cm³/mol. The second-order valence-corrected chi connectivity index (χ2v) is 11.5. The Morgan fingerprint density at radius 3 is 2.70 bits per heavy atom. The number of imidazole rings is 1. The van der Waals surface area contributed by atoms with Crippen LogP contribution in [0.5, 0.6) is 23.0 Å². The molecule has 0 atom stereocenters. The Labute approximate surface area is 276 Å². The van der Waals surface area contributed by atoms with Crippen molar-refractivity contribution in [3.63, 3.8) is 0 Å². The molecular weight excluding hydrogens is 633 g/mol. The Hall–Kier alpha value is -4.58. The number of aryl methyl sites for hydroxylation is 2. The van der Waals surface area contributed by atoms with Crippen LogP contribution in [0.3, 0.4) is 0 Å². The molecule has 0 spiro atoms. The van der Waals surface area contributed by atoms with Crippen LogP contribution in [-0.2, 0) is 26.1 Å². The Bertz CT molecular complexity index is 1900. The van der Waals surface area contributed by atoms with E-state index >= 15 is 0 Å². The zero-order valence-electron chi connectivity index (χ0n) is 25.0. The number of hydrogen-bond acceptors (Lipinski definition) is 8. The van der Waals surface area contributed by atoms with Crippen molar-refractivity contribution in [1.82, 2.24) is 14.5 Å². The number of ether oxygens (including phenoxy) is 4. The van der Waals surface area contributed by atoms with Crippen LogP contribution in [0.15, 0.2) is 73.3 Å². The predicted octanol–water partition coefficient (Wildman–Crippen LogP) is 2.43. The van der Waals surface area contributed by atoms with Crippen LogP contribution in [0, 0.1) is 10.1 Å². The summed E-state index contributed by atoms with van der Waals surface area (Å²) in [5.74, 6) is 2.87. The molecule has 4 heterocycles. The summed E-state index contributed by atoms with van der Waals surface area (Å²) >= 11 is 6.11. The van der Waals surface area contributed by atoms with Gasteiger partial charge in [0.2, 0.25) is 12.5 Å². The summed E-state index contributed by atoms with van der Waals surface area (Å²) in [6.07, 6.45) is 5.77. The van der Waals surface area contributed by atoms with Crippen LogP contribution in [0.4, 0.5) is 5.82 Å². The van der Waals surface area contributed by atoms with E-state index in [-0.39, 0.29) is 25.0 Å². The molecule has 0 amide bonds. The van der Waals surface area contributed by atoms with Crippen LogP contribution in [-0.4, -0.2) is 53.0 Å². The number of fused-ring (bicyclic) bond motifs is 5. The molecule has 7 rings (SSSR count). The zero-order valence-corrected chi connectivity index (χ0v) is 26.5. The van der Waals surface area contributed by atoms with Crippen molar-refractivity contribution in [3.05, 3.63) is 99.6 Å². The highest BCUT2D eigenvalue weighted by Gasteiger charge is 2.29. The van der Waals surface area contributed by atoms with E-state index < -0.39 is 4.92 Å². The van der Waals surface area contributed by atoms with Gasteiger partial charge in [-0.1, -0.05) is 23.7 Å². The molecular formula is C33H31Cl2N5O6. The van der Waals surface area contributed by atoms with Gasteiger partial charge in [0.15, 0.2) is 42.1 Å². The highest BCUT2D eigenvalue weighted by Crippen LogP contribution is 2.41. The average Bonchev–Trinajstić information content (AvgIpc) is 3.72. The van der Waals surface area contributed by atoms with E-state index in [9.17, 15) is 10.1 Å². The third-order valence-electron chi connectivity index (χ3n) is 8.30. The van der Waals surface area contributed by atoms with E-state index in [4.69, 9.17) is 30.5 Å². The summed E-state index contributed by atoms with van der Waals surface area (Å²) in [6.45, 7) is 3.60. The van der Waals surface area contributed by atoms with Gasteiger partial charge in [-0.05, 0) is 57.8 Å². The number of hydrogen-bond donors (Lipinski definition) is 0. The molecule has 0 N–H and O–H groups in total. The quantitative estimate of drug-likeness (QED) is 0.121. The van der Waals surface area contributed by atoms with Gasteiger partial charge < -0.3 is 41.5 Å². The summed E-state index contributed by atoms with van der Waals surface area (Å²) in [5.41, 5.74) is 4.57. The molecule has 0 fully saturated rings. The lowest BCUT2D eigenvalue weighted by atomic mass is 9.95. The molecule has 46 heavy (non-hydrogen) atoms. The molecule has 2 aromatic heterocycles. The Morgan fingerprint density at radius 2 is 1.91 bits per heavy atom. The fourth-order valence-electron chi connectivity index (χ4n) is 5.99. The lowest BCUT2D eigenvalue weighted by Crippen LogP contribution is -3.00. The SMILES string of the molecule is COc1ccc2cc3[n+](cc2c1OCCN(CCn1cncc1[N+](=O)[O-])Cc1ccc(Cl)cc1)CCc1cc2c(cc1-3)OCO2.[Cl-]. The van der Waals surface area contributed by atoms with Gasteiger partial charge in [0.1, 0.15) is 19.3 Å². The Balaban J connectivity index is 0.00000372. The van der Waals surface area contributed by atoms with E-state index in [1.54, 1.807) is 11.7 Å². The number of methoxy groups -OCH3 is 1. The first-order chi connectivity index (χ1) is 22.0. The number of aromatic nitrogens is 3. The monoisotopic (exact) mass is 663 g/mol. The fourth-order valence-corrected chi connectivity index (χ4v) is 6.11. The first kappa shape index (κ1) is 31.4. The van der Waals surface area contributed by atoms with Crippen molar-refractivity contribution in [3.8, 4) is 34.3 Å². The van der Waals surface area contributed by atoms with Gasteiger partial charge in [-0.15, -0.1) is 0 Å². The fraction of sp³-hybridized carbons (Fsp3) is 0.273. The molecule has 238 valence electrons. The van der Waals surface area contributed by atoms with Crippen LogP contribution in [0.25, 0.3) is 22.0 Å². The van der Waals surface area contributed by atoms with Crippen molar-refractivity contribution in [2.24, 2.45) is 0 Å². The van der Waals surface area contributed by atoms with Crippen molar-refractivity contribution in [2.75, 3.05) is 33.6 Å². The number of benzene rings is 3. The number of nitro groups is 1. The first-order valence-corrected chi connectivity index (χ1v) is 15.1. The van der Waals surface area contributed by atoms with Gasteiger partial charge in [0, 0.05) is 37.1 Å². The Kier molecular flexibility index (Phi) is 9.16. The summed E-state index contributed by atoms with van der Waals surface area (Å²) in [4.78, 5) is 17.2. The number of nitrogens with zero attached hydrogens (tertiary/aromatic N) is 5. The first-order valence-electron chi connectivity index (χ1n) is 14.7. The van der Waals surface area contributed by atoms with Gasteiger partial charge in [-0.25, -0.2) is 9.55 Å². The minimum atomic E-state index is -0.420. The summed E-state index contributed by atoms with van der Waals surface area (Å²) in [5, 5.41) is 14.1. The molecule has 2 aliphatic heterocycles. The second-order valence-electron chi connectivity index (χ2n) is 11.0. The third-order valence-corrected chi connectivity index (χ3v) is 8.56. The lowest BCUT2D eigenvalue weighted by molar-refractivity contribution is -0.686. The topological polar surface area (TPSA) is 105 Å². The smallest absolute Gasteiger partial charge is 0.342 e. The molecule has 13 heteroatoms. The molecule has 0 aliphatic carbocycles.